The molecule has 14 heavy (non-hydrogen) atoms. The van der Waals surface area contributed by atoms with Crippen LogP contribution in [0.25, 0.3) is 0 Å². The monoisotopic (exact) mass is 211 g/mol. The van der Waals surface area contributed by atoms with Crippen molar-refractivity contribution in [3.8, 4) is 0 Å². The van der Waals surface area contributed by atoms with E-state index >= 15 is 0 Å². The fourth-order valence-electron chi connectivity index (χ4n) is 2.09. The zero-order chi connectivity index (χ0) is 10.2. The molecule has 76 valence electrons. The van der Waals surface area contributed by atoms with E-state index in [9.17, 15) is 5.11 Å². The molecule has 0 aliphatic heterocycles. The maximum atomic E-state index is 10.0. The Balaban J connectivity index is 2.04. The maximum absolute atomic E-state index is 10.0. The smallest absolute Gasteiger partial charge is 0.0717 e. The average molecular weight is 212 g/mol. The molecule has 3 heteroatoms. The van der Waals surface area contributed by atoms with E-state index in [4.69, 9.17) is 17.3 Å². The average Bonchev–Trinajstić information content (AvgIpc) is 2.00. The molecule has 0 aromatic heterocycles. The van der Waals surface area contributed by atoms with Gasteiger partial charge in [-0.2, -0.15) is 0 Å². The molecule has 0 heterocycles. The summed E-state index contributed by atoms with van der Waals surface area (Å²) in [7, 11) is 0. The molecule has 1 fully saturated rings. The maximum Gasteiger partial charge on any atom is 0.0717 e. The summed E-state index contributed by atoms with van der Waals surface area (Å²) in [4.78, 5) is 0. The van der Waals surface area contributed by atoms with Gasteiger partial charge in [-0.1, -0.05) is 23.7 Å². The van der Waals surface area contributed by atoms with E-state index in [2.05, 4.69) is 0 Å². The van der Waals surface area contributed by atoms with Gasteiger partial charge in [0.05, 0.1) is 5.60 Å². The van der Waals surface area contributed by atoms with Crippen molar-refractivity contribution in [2.45, 2.75) is 30.9 Å². The lowest BCUT2D eigenvalue weighted by molar-refractivity contribution is -0.0455. The second-order valence-electron chi connectivity index (χ2n) is 4.20. The van der Waals surface area contributed by atoms with Crippen LogP contribution in [0.3, 0.4) is 0 Å². The van der Waals surface area contributed by atoms with E-state index in [1.54, 1.807) is 0 Å². The Morgan fingerprint density at radius 1 is 1.50 bits per heavy atom. The van der Waals surface area contributed by atoms with Crippen LogP contribution in [0.4, 0.5) is 0 Å². The second kappa shape index (κ2) is 3.54. The molecule has 3 N–H and O–H groups in total. The van der Waals surface area contributed by atoms with Gasteiger partial charge in [-0.05, 0) is 30.5 Å². The standard InChI is InChI=1S/C11H14ClNO/c12-9-3-1-2-8(4-9)5-11(14)6-10(13)7-11/h1-4,10,14H,5-7,13H2. The Kier molecular flexibility index (Phi) is 2.52. The van der Waals surface area contributed by atoms with Crippen LogP contribution >= 0.6 is 11.6 Å². The molecule has 1 aromatic carbocycles. The second-order valence-corrected chi connectivity index (χ2v) is 4.64. The number of halogens is 1. The largest absolute Gasteiger partial charge is 0.389 e. The first-order chi connectivity index (χ1) is 6.57. The Morgan fingerprint density at radius 2 is 2.21 bits per heavy atom. The lowest BCUT2D eigenvalue weighted by atomic mass is 9.73. The number of rotatable bonds is 2. The summed E-state index contributed by atoms with van der Waals surface area (Å²) in [6, 6.07) is 7.78. The van der Waals surface area contributed by atoms with E-state index in [1.165, 1.54) is 0 Å². The predicted octanol–water partition coefficient (Wildman–Crippen LogP) is 1.73. The van der Waals surface area contributed by atoms with Gasteiger partial charge in [0.25, 0.3) is 0 Å². The Morgan fingerprint density at radius 3 is 2.79 bits per heavy atom. The van der Waals surface area contributed by atoms with E-state index in [0.29, 0.717) is 19.3 Å². The van der Waals surface area contributed by atoms with E-state index in [-0.39, 0.29) is 6.04 Å². The first kappa shape index (κ1) is 9.97. The lowest BCUT2D eigenvalue weighted by Crippen LogP contribution is -2.52. The molecule has 0 amide bonds. The topological polar surface area (TPSA) is 46.2 Å². The fourth-order valence-corrected chi connectivity index (χ4v) is 2.30. The van der Waals surface area contributed by atoms with Crippen molar-refractivity contribution in [1.82, 2.24) is 0 Å². The van der Waals surface area contributed by atoms with Gasteiger partial charge < -0.3 is 10.8 Å². The van der Waals surface area contributed by atoms with Crippen LogP contribution < -0.4 is 5.73 Å². The van der Waals surface area contributed by atoms with Crippen LogP contribution in [-0.2, 0) is 6.42 Å². The molecular weight excluding hydrogens is 198 g/mol. The van der Waals surface area contributed by atoms with E-state index < -0.39 is 5.60 Å². The summed E-state index contributed by atoms with van der Waals surface area (Å²) in [5.74, 6) is 0. The Labute approximate surface area is 88.7 Å². The minimum absolute atomic E-state index is 0.166. The number of hydrogen-bond donors (Lipinski definition) is 2. The third kappa shape index (κ3) is 2.08. The van der Waals surface area contributed by atoms with Crippen molar-refractivity contribution in [2.75, 3.05) is 0 Å². The van der Waals surface area contributed by atoms with Gasteiger partial charge in [-0.25, -0.2) is 0 Å². The van der Waals surface area contributed by atoms with Gasteiger partial charge in [0.2, 0.25) is 0 Å². The first-order valence-corrected chi connectivity index (χ1v) is 5.18. The Hall–Kier alpha value is -0.570. The molecule has 0 bridgehead atoms. The van der Waals surface area contributed by atoms with Crippen LogP contribution in [0.2, 0.25) is 5.02 Å². The minimum Gasteiger partial charge on any atom is -0.389 e. The molecule has 2 rings (SSSR count). The van der Waals surface area contributed by atoms with Gasteiger partial charge in [0.15, 0.2) is 0 Å². The molecule has 1 aliphatic carbocycles. The highest BCUT2D eigenvalue weighted by Gasteiger charge is 2.40. The SMILES string of the molecule is NC1CC(O)(Cc2cccc(Cl)c2)C1. The summed E-state index contributed by atoms with van der Waals surface area (Å²) in [6.45, 7) is 0. The van der Waals surface area contributed by atoms with Gasteiger partial charge in [-0.15, -0.1) is 0 Å². The molecule has 0 spiro atoms. The fraction of sp³-hybridized carbons (Fsp3) is 0.455. The number of hydrogen-bond acceptors (Lipinski definition) is 2. The lowest BCUT2D eigenvalue weighted by Gasteiger charge is -2.42. The summed E-state index contributed by atoms with van der Waals surface area (Å²) in [5.41, 5.74) is 6.13. The Bertz CT molecular complexity index is 334. The third-order valence-corrected chi connectivity index (χ3v) is 2.94. The zero-order valence-corrected chi connectivity index (χ0v) is 8.67. The predicted molar refractivity (Wildman–Crippen MR) is 57.3 cm³/mol. The van der Waals surface area contributed by atoms with Crippen LogP contribution in [0.15, 0.2) is 24.3 Å². The molecule has 1 saturated carbocycles. The van der Waals surface area contributed by atoms with Crippen LogP contribution in [0.5, 0.6) is 0 Å². The molecule has 0 atom stereocenters. The molecule has 0 radical (unpaired) electrons. The van der Waals surface area contributed by atoms with Crippen molar-refractivity contribution < 1.29 is 5.11 Å². The summed E-state index contributed by atoms with van der Waals surface area (Å²) in [5, 5.41) is 10.7. The molecule has 0 unspecified atom stereocenters. The number of aliphatic hydroxyl groups is 1. The van der Waals surface area contributed by atoms with Crippen LogP contribution in [-0.4, -0.2) is 16.7 Å². The molecule has 1 aliphatic rings. The molecule has 1 aromatic rings. The first-order valence-electron chi connectivity index (χ1n) is 4.80. The third-order valence-electron chi connectivity index (χ3n) is 2.71. The highest BCUT2D eigenvalue weighted by atomic mass is 35.5. The summed E-state index contributed by atoms with van der Waals surface area (Å²) >= 11 is 5.86. The van der Waals surface area contributed by atoms with Gasteiger partial charge in [0.1, 0.15) is 0 Å². The minimum atomic E-state index is -0.593. The van der Waals surface area contributed by atoms with Gasteiger partial charge in [-0.3, -0.25) is 0 Å². The van der Waals surface area contributed by atoms with Crippen LogP contribution in [0.1, 0.15) is 18.4 Å². The van der Waals surface area contributed by atoms with Crippen LogP contribution in [0, 0.1) is 0 Å². The highest BCUT2D eigenvalue weighted by molar-refractivity contribution is 6.30. The van der Waals surface area contributed by atoms with Crippen molar-refractivity contribution in [2.24, 2.45) is 5.73 Å². The van der Waals surface area contributed by atoms with Gasteiger partial charge >= 0.3 is 0 Å². The van der Waals surface area contributed by atoms with Crippen molar-refractivity contribution in [3.05, 3.63) is 34.9 Å². The van der Waals surface area contributed by atoms with Crippen molar-refractivity contribution >= 4 is 11.6 Å². The normalized spacial score (nSPS) is 31.2. The molecular formula is C11H14ClNO. The van der Waals surface area contributed by atoms with E-state index in [0.717, 1.165) is 10.6 Å². The number of nitrogens with two attached hydrogens (primary N) is 1. The zero-order valence-electron chi connectivity index (χ0n) is 7.91. The summed E-state index contributed by atoms with van der Waals surface area (Å²) < 4.78 is 0. The van der Waals surface area contributed by atoms with E-state index in [1.807, 2.05) is 24.3 Å². The molecule has 2 nitrogen and oxygen atoms in total. The molecule has 0 saturated heterocycles. The quantitative estimate of drug-likeness (QED) is 0.783. The van der Waals surface area contributed by atoms with Gasteiger partial charge in [0, 0.05) is 17.5 Å². The summed E-state index contributed by atoms with van der Waals surface area (Å²) in [6.07, 6.45) is 2.04. The number of benzene rings is 1. The van der Waals surface area contributed by atoms with Crippen molar-refractivity contribution in [3.63, 3.8) is 0 Å². The van der Waals surface area contributed by atoms with Crippen molar-refractivity contribution in [1.29, 1.82) is 0 Å². The highest BCUT2D eigenvalue weighted by Crippen LogP contribution is 2.34.